The Morgan fingerprint density at radius 2 is 1.88 bits per heavy atom. The van der Waals surface area contributed by atoms with Gasteiger partial charge in [-0.2, -0.15) is 0 Å². The Balaban J connectivity index is 1.87. The van der Waals surface area contributed by atoms with Crippen LogP contribution in [0.3, 0.4) is 0 Å². The predicted octanol–water partition coefficient (Wildman–Crippen LogP) is 3.44. The molecule has 136 valence electrons. The van der Waals surface area contributed by atoms with Crippen LogP contribution in [0.4, 0.5) is 0 Å². The molecule has 0 radical (unpaired) electrons. The Hall–Kier alpha value is -2.57. The first-order chi connectivity index (χ1) is 12.5. The molecular weight excluding hydrogens is 354 g/mol. The summed E-state index contributed by atoms with van der Waals surface area (Å²) in [4.78, 5) is 19.7. The topological polar surface area (TPSA) is 76.2 Å². The van der Waals surface area contributed by atoms with Crippen LogP contribution < -0.4 is 20.3 Å². The van der Waals surface area contributed by atoms with Gasteiger partial charge < -0.3 is 19.8 Å². The molecule has 6 nitrogen and oxygen atoms in total. The van der Waals surface area contributed by atoms with Gasteiger partial charge in [-0.1, -0.05) is 29.8 Å². The summed E-state index contributed by atoms with van der Waals surface area (Å²) in [5.74, 6) is 1.56. The Bertz CT molecular complexity index is 987. The summed E-state index contributed by atoms with van der Waals surface area (Å²) in [6, 6.07) is 11.0. The lowest BCUT2D eigenvalue weighted by atomic mass is 10.1. The van der Waals surface area contributed by atoms with E-state index in [9.17, 15) is 4.79 Å². The minimum absolute atomic E-state index is 0.00935. The highest BCUT2D eigenvalue weighted by Crippen LogP contribution is 2.30. The Morgan fingerprint density at radius 3 is 2.58 bits per heavy atom. The van der Waals surface area contributed by atoms with Crippen LogP contribution in [0.2, 0.25) is 5.02 Å². The van der Waals surface area contributed by atoms with Gasteiger partial charge in [0.25, 0.3) is 5.56 Å². The molecule has 1 aromatic heterocycles. The van der Waals surface area contributed by atoms with E-state index in [0.717, 1.165) is 5.56 Å². The number of rotatable bonds is 6. The summed E-state index contributed by atoms with van der Waals surface area (Å²) < 4.78 is 10.5. The van der Waals surface area contributed by atoms with E-state index in [-0.39, 0.29) is 11.6 Å². The fraction of sp³-hybridized carbons (Fsp3) is 0.263. The zero-order chi connectivity index (χ0) is 18.7. The van der Waals surface area contributed by atoms with E-state index in [2.05, 4.69) is 15.3 Å². The zero-order valence-electron chi connectivity index (χ0n) is 14.8. The second kappa shape index (κ2) is 7.76. The van der Waals surface area contributed by atoms with Crippen molar-refractivity contribution in [2.75, 3.05) is 14.2 Å². The van der Waals surface area contributed by atoms with Gasteiger partial charge in [0.2, 0.25) is 0 Å². The molecule has 26 heavy (non-hydrogen) atoms. The molecule has 2 aromatic carbocycles. The van der Waals surface area contributed by atoms with Crippen molar-refractivity contribution in [1.82, 2.24) is 15.3 Å². The first-order valence-electron chi connectivity index (χ1n) is 8.16. The first kappa shape index (κ1) is 18.2. The van der Waals surface area contributed by atoms with Gasteiger partial charge >= 0.3 is 0 Å². The van der Waals surface area contributed by atoms with Crippen molar-refractivity contribution in [2.45, 2.75) is 19.5 Å². The lowest BCUT2D eigenvalue weighted by molar-refractivity contribution is 0.355. The van der Waals surface area contributed by atoms with Crippen molar-refractivity contribution < 1.29 is 9.47 Å². The van der Waals surface area contributed by atoms with Crippen molar-refractivity contribution in [1.29, 1.82) is 0 Å². The van der Waals surface area contributed by atoms with Crippen LogP contribution in [-0.4, -0.2) is 24.2 Å². The molecule has 0 amide bonds. The third-order valence-corrected chi connectivity index (χ3v) is 4.55. The van der Waals surface area contributed by atoms with E-state index in [1.165, 1.54) is 7.11 Å². The van der Waals surface area contributed by atoms with Crippen molar-refractivity contribution in [3.05, 3.63) is 63.2 Å². The van der Waals surface area contributed by atoms with Gasteiger partial charge in [0.1, 0.15) is 5.82 Å². The number of aromatic amines is 1. The summed E-state index contributed by atoms with van der Waals surface area (Å²) >= 11 is 6.23. The molecule has 0 aliphatic heterocycles. The molecule has 0 fully saturated rings. The number of hydrogen-bond donors (Lipinski definition) is 2. The molecule has 3 rings (SSSR count). The van der Waals surface area contributed by atoms with E-state index >= 15 is 0 Å². The third kappa shape index (κ3) is 3.66. The standard InChI is InChI=1S/C19H20ClN3O3/c1-11(12-6-4-5-7-14(12)20)21-10-18-22-15-9-17(26-3)16(25-2)8-13(15)19(24)23-18/h4-9,11,21H,10H2,1-3H3,(H,22,23,24)/t11-/m1/s1. The largest absolute Gasteiger partial charge is 0.493 e. The van der Waals surface area contributed by atoms with Gasteiger partial charge in [0, 0.05) is 17.1 Å². The number of nitrogens with one attached hydrogen (secondary N) is 2. The molecular formula is C19H20ClN3O3. The van der Waals surface area contributed by atoms with E-state index in [4.69, 9.17) is 21.1 Å². The maximum absolute atomic E-state index is 12.4. The Morgan fingerprint density at radius 1 is 1.19 bits per heavy atom. The molecule has 7 heteroatoms. The van der Waals surface area contributed by atoms with Gasteiger partial charge in [-0.25, -0.2) is 4.98 Å². The molecule has 0 spiro atoms. The molecule has 0 unspecified atom stereocenters. The number of benzene rings is 2. The number of nitrogens with zero attached hydrogens (tertiary/aromatic N) is 1. The monoisotopic (exact) mass is 373 g/mol. The molecule has 1 heterocycles. The van der Waals surface area contributed by atoms with Crippen molar-refractivity contribution in [3.63, 3.8) is 0 Å². The Labute approximate surface area is 156 Å². The van der Waals surface area contributed by atoms with Crippen LogP contribution in [0.25, 0.3) is 10.9 Å². The molecule has 0 saturated carbocycles. The maximum Gasteiger partial charge on any atom is 0.258 e. The number of aromatic nitrogens is 2. The SMILES string of the molecule is COc1cc2nc(CN[C@H](C)c3ccccc3Cl)[nH]c(=O)c2cc1OC. The zero-order valence-corrected chi connectivity index (χ0v) is 15.6. The normalized spacial score (nSPS) is 12.2. The molecule has 0 bridgehead atoms. The number of ether oxygens (including phenoxy) is 2. The van der Waals surface area contributed by atoms with Gasteiger partial charge in [-0.05, 0) is 24.6 Å². The van der Waals surface area contributed by atoms with Crippen molar-refractivity contribution in [2.24, 2.45) is 0 Å². The van der Waals surface area contributed by atoms with Crippen LogP contribution in [0.5, 0.6) is 11.5 Å². The van der Waals surface area contributed by atoms with Gasteiger partial charge in [0.05, 0.1) is 31.7 Å². The average Bonchev–Trinajstić information content (AvgIpc) is 2.65. The smallest absolute Gasteiger partial charge is 0.258 e. The summed E-state index contributed by atoms with van der Waals surface area (Å²) in [5, 5.41) is 4.47. The summed E-state index contributed by atoms with van der Waals surface area (Å²) in [6.45, 7) is 2.40. The average molecular weight is 374 g/mol. The van der Waals surface area contributed by atoms with Crippen LogP contribution in [-0.2, 0) is 6.54 Å². The van der Waals surface area contributed by atoms with Crippen molar-refractivity contribution in [3.8, 4) is 11.5 Å². The maximum atomic E-state index is 12.4. The predicted molar refractivity (Wildman–Crippen MR) is 102 cm³/mol. The lowest BCUT2D eigenvalue weighted by Crippen LogP contribution is -2.22. The number of H-pyrrole nitrogens is 1. The van der Waals surface area contributed by atoms with Crippen LogP contribution >= 0.6 is 11.6 Å². The highest BCUT2D eigenvalue weighted by atomic mass is 35.5. The first-order valence-corrected chi connectivity index (χ1v) is 8.54. The van der Waals surface area contributed by atoms with Gasteiger partial charge in [-0.3, -0.25) is 4.79 Å². The minimum atomic E-state index is -0.224. The van der Waals surface area contributed by atoms with Crippen LogP contribution in [0, 0.1) is 0 Å². The third-order valence-electron chi connectivity index (χ3n) is 4.21. The summed E-state index contributed by atoms with van der Waals surface area (Å²) in [5.41, 5.74) is 1.32. The number of fused-ring (bicyclic) bond motifs is 1. The fourth-order valence-electron chi connectivity index (χ4n) is 2.78. The van der Waals surface area contributed by atoms with Gasteiger partial charge in [0.15, 0.2) is 11.5 Å². The fourth-order valence-corrected chi connectivity index (χ4v) is 3.08. The van der Waals surface area contributed by atoms with Crippen LogP contribution in [0.15, 0.2) is 41.2 Å². The highest BCUT2D eigenvalue weighted by molar-refractivity contribution is 6.31. The molecule has 1 atom stereocenters. The second-order valence-corrected chi connectivity index (χ2v) is 6.27. The number of hydrogen-bond acceptors (Lipinski definition) is 5. The Kier molecular flexibility index (Phi) is 5.44. The van der Waals surface area contributed by atoms with Crippen LogP contribution in [0.1, 0.15) is 24.4 Å². The summed E-state index contributed by atoms with van der Waals surface area (Å²) in [7, 11) is 3.07. The van der Waals surface area contributed by atoms with E-state index in [1.807, 2.05) is 31.2 Å². The quantitative estimate of drug-likeness (QED) is 0.692. The molecule has 0 aliphatic rings. The number of methoxy groups -OCH3 is 2. The molecule has 2 N–H and O–H groups in total. The number of halogens is 1. The second-order valence-electron chi connectivity index (χ2n) is 5.86. The molecule has 3 aromatic rings. The van der Waals surface area contributed by atoms with Crippen molar-refractivity contribution >= 4 is 22.5 Å². The minimum Gasteiger partial charge on any atom is -0.493 e. The lowest BCUT2D eigenvalue weighted by Gasteiger charge is -2.15. The van der Waals surface area contributed by atoms with E-state index in [1.54, 1.807) is 19.2 Å². The van der Waals surface area contributed by atoms with E-state index < -0.39 is 0 Å². The summed E-state index contributed by atoms with van der Waals surface area (Å²) in [6.07, 6.45) is 0. The van der Waals surface area contributed by atoms with E-state index in [0.29, 0.717) is 39.8 Å². The van der Waals surface area contributed by atoms with Gasteiger partial charge in [-0.15, -0.1) is 0 Å². The molecule has 0 saturated heterocycles. The highest BCUT2D eigenvalue weighted by Gasteiger charge is 2.12. The molecule has 0 aliphatic carbocycles.